The van der Waals surface area contributed by atoms with Gasteiger partial charge in [0.2, 0.25) is 5.91 Å². The lowest BCUT2D eigenvalue weighted by Crippen LogP contribution is -2.49. The highest BCUT2D eigenvalue weighted by molar-refractivity contribution is 7.21. The average Bonchev–Trinajstić information content (AvgIpc) is 2.76. The number of nitrogens with one attached hydrogen (secondary N) is 1. The van der Waals surface area contributed by atoms with Crippen molar-refractivity contribution in [2.24, 2.45) is 0 Å². The second-order valence-corrected chi connectivity index (χ2v) is 5.75. The molecule has 0 bridgehead atoms. The Morgan fingerprint density at radius 2 is 2.16 bits per heavy atom. The van der Waals surface area contributed by atoms with Gasteiger partial charge >= 0.3 is 0 Å². The second-order valence-electron chi connectivity index (χ2n) is 4.32. The molecule has 19 heavy (non-hydrogen) atoms. The van der Waals surface area contributed by atoms with Gasteiger partial charge in [0.05, 0.1) is 11.6 Å². The van der Waals surface area contributed by atoms with Crippen LogP contribution in [0.15, 0.2) is 24.3 Å². The molecule has 2 amide bonds. The summed E-state index contributed by atoms with van der Waals surface area (Å²) in [6.07, 6.45) is 0. The number of hydrogen-bond acceptors (Lipinski definition) is 3. The van der Waals surface area contributed by atoms with Crippen molar-refractivity contribution in [1.29, 1.82) is 0 Å². The zero-order valence-electron chi connectivity index (χ0n) is 9.98. The van der Waals surface area contributed by atoms with Crippen LogP contribution in [0, 0.1) is 0 Å². The lowest BCUT2D eigenvalue weighted by Gasteiger charge is -2.26. The van der Waals surface area contributed by atoms with Gasteiger partial charge in [-0.3, -0.25) is 9.59 Å². The van der Waals surface area contributed by atoms with Gasteiger partial charge in [0, 0.05) is 23.2 Å². The molecule has 1 aliphatic heterocycles. The van der Waals surface area contributed by atoms with Crippen molar-refractivity contribution in [3.05, 3.63) is 34.2 Å². The van der Waals surface area contributed by atoms with Crippen molar-refractivity contribution in [3.63, 3.8) is 0 Å². The summed E-state index contributed by atoms with van der Waals surface area (Å²) in [5.41, 5.74) is 0. The predicted molar refractivity (Wildman–Crippen MR) is 75.7 cm³/mol. The molecule has 1 N–H and O–H groups in total. The van der Waals surface area contributed by atoms with E-state index in [4.69, 9.17) is 11.6 Å². The van der Waals surface area contributed by atoms with Crippen LogP contribution in [-0.2, 0) is 4.79 Å². The van der Waals surface area contributed by atoms with Gasteiger partial charge in [0.25, 0.3) is 5.91 Å². The van der Waals surface area contributed by atoms with Crippen LogP contribution in [0.25, 0.3) is 10.1 Å². The van der Waals surface area contributed by atoms with Crippen LogP contribution in [0.5, 0.6) is 0 Å². The molecule has 1 saturated heterocycles. The van der Waals surface area contributed by atoms with E-state index in [1.165, 1.54) is 16.2 Å². The van der Waals surface area contributed by atoms with Gasteiger partial charge in [-0.2, -0.15) is 0 Å². The molecule has 2 aromatic rings. The molecule has 1 fully saturated rings. The van der Waals surface area contributed by atoms with Gasteiger partial charge < -0.3 is 10.2 Å². The molecule has 0 unspecified atom stereocenters. The summed E-state index contributed by atoms with van der Waals surface area (Å²) in [7, 11) is 0. The molecule has 1 aromatic heterocycles. The highest BCUT2D eigenvalue weighted by Gasteiger charge is 2.26. The third kappa shape index (κ3) is 2.19. The number of piperazine rings is 1. The Hall–Kier alpha value is -1.59. The third-order valence-electron chi connectivity index (χ3n) is 3.05. The van der Waals surface area contributed by atoms with Gasteiger partial charge in [0.1, 0.15) is 4.88 Å². The van der Waals surface area contributed by atoms with E-state index >= 15 is 0 Å². The summed E-state index contributed by atoms with van der Waals surface area (Å²) in [5.74, 6) is -0.294. The minimum absolute atomic E-state index is 0.101. The van der Waals surface area contributed by atoms with Crippen molar-refractivity contribution >= 4 is 44.8 Å². The second kappa shape index (κ2) is 4.83. The fourth-order valence-electron chi connectivity index (χ4n) is 2.11. The average molecular weight is 295 g/mol. The van der Waals surface area contributed by atoms with E-state index in [9.17, 15) is 9.59 Å². The van der Waals surface area contributed by atoms with Crippen LogP contribution in [0.2, 0.25) is 5.02 Å². The smallest absolute Gasteiger partial charge is 0.266 e. The number of carbonyl (C=O) groups excluding carboxylic acids is 2. The minimum atomic E-state index is -0.166. The molecule has 2 heterocycles. The number of thiophene rings is 1. The molecule has 3 rings (SSSR count). The third-order valence-corrected chi connectivity index (χ3v) is 4.72. The molecule has 0 radical (unpaired) electrons. The lowest BCUT2D eigenvalue weighted by molar-refractivity contribution is -0.123. The van der Waals surface area contributed by atoms with Crippen LogP contribution in [0.1, 0.15) is 9.67 Å². The quantitative estimate of drug-likeness (QED) is 0.876. The summed E-state index contributed by atoms with van der Waals surface area (Å²) < 4.78 is 0.984. The Morgan fingerprint density at radius 3 is 2.89 bits per heavy atom. The Labute approximate surface area is 119 Å². The van der Waals surface area contributed by atoms with Crippen LogP contribution < -0.4 is 5.32 Å². The summed E-state index contributed by atoms with van der Waals surface area (Å²) in [6.45, 7) is 1.12. The first-order valence-corrected chi connectivity index (χ1v) is 7.09. The van der Waals surface area contributed by atoms with E-state index in [2.05, 4.69) is 5.32 Å². The van der Waals surface area contributed by atoms with E-state index in [0.717, 1.165) is 10.1 Å². The van der Waals surface area contributed by atoms with E-state index in [1.807, 2.05) is 24.3 Å². The first kappa shape index (κ1) is 12.4. The van der Waals surface area contributed by atoms with Crippen molar-refractivity contribution < 1.29 is 9.59 Å². The van der Waals surface area contributed by atoms with Crippen molar-refractivity contribution in [2.75, 3.05) is 19.6 Å². The van der Waals surface area contributed by atoms with Crippen molar-refractivity contribution in [3.8, 4) is 0 Å². The zero-order valence-corrected chi connectivity index (χ0v) is 11.6. The first-order chi connectivity index (χ1) is 9.16. The van der Waals surface area contributed by atoms with Crippen molar-refractivity contribution in [1.82, 2.24) is 10.2 Å². The number of halogens is 1. The topological polar surface area (TPSA) is 49.4 Å². The molecule has 4 nitrogen and oxygen atoms in total. The molecule has 0 spiro atoms. The summed E-state index contributed by atoms with van der Waals surface area (Å²) >= 11 is 7.64. The minimum Gasteiger partial charge on any atom is -0.353 e. The lowest BCUT2D eigenvalue weighted by atomic mass is 10.2. The standard InChI is InChI=1S/C13H11ClN2O2S/c14-11-8-3-1-2-4-9(8)19-12(11)13(18)16-6-5-15-10(17)7-16/h1-4H,5-7H2,(H,15,17). The normalized spacial score (nSPS) is 15.6. The number of nitrogens with zero attached hydrogens (tertiary/aromatic N) is 1. The van der Waals surface area contributed by atoms with E-state index in [-0.39, 0.29) is 18.4 Å². The van der Waals surface area contributed by atoms with Crippen LogP contribution in [0.4, 0.5) is 0 Å². The Balaban J connectivity index is 1.97. The highest BCUT2D eigenvalue weighted by atomic mass is 35.5. The Morgan fingerprint density at radius 1 is 1.37 bits per heavy atom. The first-order valence-electron chi connectivity index (χ1n) is 5.90. The number of amides is 2. The fraction of sp³-hybridized carbons (Fsp3) is 0.231. The molecular weight excluding hydrogens is 284 g/mol. The molecule has 0 atom stereocenters. The molecule has 6 heteroatoms. The SMILES string of the molecule is O=C1CN(C(=O)c2sc3ccccc3c2Cl)CCN1. The highest BCUT2D eigenvalue weighted by Crippen LogP contribution is 2.35. The van der Waals surface area contributed by atoms with Gasteiger partial charge in [-0.25, -0.2) is 0 Å². The maximum atomic E-state index is 12.4. The van der Waals surface area contributed by atoms with E-state index in [1.54, 1.807) is 0 Å². The van der Waals surface area contributed by atoms with Gasteiger partial charge in [-0.1, -0.05) is 29.8 Å². The maximum Gasteiger partial charge on any atom is 0.266 e. The number of fused-ring (bicyclic) bond motifs is 1. The van der Waals surface area contributed by atoms with Crippen molar-refractivity contribution in [2.45, 2.75) is 0 Å². The van der Waals surface area contributed by atoms with E-state index < -0.39 is 0 Å². The molecule has 0 aliphatic carbocycles. The zero-order chi connectivity index (χ0) is 13.4. The van der Waals surface area contributed by atoms with Crippen LogP contribution in [0.3, 0.4) is 0 Å². The molecule has 1 aromatic carbocycles. The largest absolute Gasteiger partial charge is 0.353 e. The van der Waals surface area contributed by atoms with Gasteiger partial charge in [-0.15, -0.1) is 11.3 Å². The monoisotopic (exact) mass is 294 g/mol. The summed E-state index contributed by atoms with van der Waals surface area (Å²) in [6, 6.07) is 7.64. The number of carbonyl (C=O) groups is 2. The van der Waals surface area contributed by atoms with Gasteiger partial charge in [0.15, 0.2) is 0 Å². The fourth-order valence-corrected chi connectivity index (χ4v) is 3.59. The molecule has 98 valence electrons. The van der Waals surface area contributed by atoms with E-state index in [0.29, 0.717) is 23.0 Å². The van der Waals surface area contributed by atoms with Crippen LogP contribution >= 0.6 is 22.9 Å². The Kier molecular flexibility index (Phi) is 3.16. The number of rotatable bonds is 1. The van der Waals surface area contributed by atoms with Crippen LogP contribution in [-0.4, -0.2) is 36.3 Å². The molecule has 0 saturated carbocycles. The maximum absolute atomic E-state index is 12.4. The number of hydrogen-bond donors (Lipinski definition) is 1. The summed E-state index contributed by atoms with van der Waals surface area (Å²) in [4.78, 5) is 25.8. The number of benzene rings is 1. The van der Waals surface area contributed by atoms with Gasteiger partial charge in [-0.05, 0) is 6.07 Å². The molecule has 1 aliphatic rings. The molecular formula is C13H11ClN2O2S. The summed E-state index contributed by atoms with van der Waals surface area (Å²) in [5, 5.41) is 4.07. The predicted octanol–water partition coefficient (Wildman–Crippen LogP) is 2.13. The Bertz CT molecular complexity index is 668.